The van der Waals surface area contributed by atoms with Crippen molar-refractivity contribution in [3.63, 3.8) is 0 Å². The quantitative estimate of drug-likeness (QED) is 0.603. The zero-order valence-corrected chi connectivity index (χ0v) is 7.41. The van der Waals surface area contributed by atoms with Crippen LogP contribution < -0.4 is 0 Å². The van der Waals surface area contributed by atoms with E-state index in [-0.39, 0.29) is 13.1 Å². The number of rotatable bonds is 4. The summed E-state index contributed by atoms with van der Waals surface area (Å²) in [6, 6.07) is 3.88. The van der Waals surface area contributed by atoms with Crippen molar-refractivity contribution in [1.82, 2.24) is 4.90 Å². The highest BCUT2D eigenvalue weighted by atomic mass is 16.3. The highest BCUT2D eigenvalue weighted by Crippen LogP contribution is 2.03. The Kier molecular flexibility index (Phi) is 4.28. The smallest absolute Gasteiger partial charge is 0.0875 e. The molecule has 12 heavy (non-hydrogen) atoms. The van der Waals surface area contributed by atoms with Crippen molar-refractivity contribution in [1.29, 1.82) is 10.5 Å². The predicted molar refractivity (Wildman–Crippen MR) is 44.0 cm³/mol. The average Bonchev–Trinajstić information content (AvgIpc) is 1.84. The Labute approximate surface area is 72.6 Å². The van der Waals surface area contributed by atoms with Crippen molar-refractivity contribution in [2.75, 3.05) is 19.6 Å². The molecule has 0 aliphatic carbocycles. The maximum Gasteiger partial charge on any atom is 0.0875 e. The first-order valence-corrected chi connectivity index (χ1v) is 3.68. The van der Waals surface area contributed by atoms with Crippen molar-refractivity contribution < 1.29 is 5.11 Å². The third kappa shape index (κ3) is 5.67. The van der Waals surface area contributed by atoms with Gasteiger partial charge in [0.05, 0.1) is 30.8 Å². The molecular weight excluding hydrogens is 154 g/mol. The van der Waals surface area contributed by atoms with Crippen molar-refractivity contribution >= 4 is 0 Å². The van der Waals surface area contributed by atoms with Crippen molar-refractivity contribution in [3.8, 4) is 12.1 Å². The van der Waals surface area contributed by atoms with Gasteiger partial charge in [-0.15, -0.1) is 0 Å². The molecule has 4 nitrogen and oxygen atoms in total. The predicted octanol–water partition coefficient (Wildman–Crippen LogP) is 0.106. The van der Waals surface area contributed by atoms with E-state index < -0.39 is 5.60 Å². The van der Waals surface area contributed by atoms with Crippen LogP contribution in [0.15, 0.2) is 0 Å². The second-order valence-electron chi connectivity index (χ2n) is 3.27. The van der Waals surface area contributed by atoms with Crippen LogP contribution in [0.2, 0.25) is 0 Å². The Morgan fingerprint density at radius 3 is 1.92 bits per heavy atom. The molecule has 0 radical (unpaired) electrons. The molecule has 0 saturated carbocycles. The number of hydrogen-bond donors (Lipinski definition) is 1. The van der Waals surface area contributed by atoms with E-state index in [1.165, 1.54) is 0 Å². The highest BCUT2D eigenvalue weighted by molar-refractivity contribution is 4.86. The second-order valence-corrected chi connectivity index (χ2v) is 3.27. The number of aliphatic hydroxyl groups is 1. The SMILES string of the molecule is CC(C)(O)CN(CC#N)CC#N. The molecule has 0 aliphatic rings. The van der Waals surface area contributed by atoms with Gasteiger partial charge in [-0.25, -0.2) is 0 Å². The molecule has 0 spiro atoms. The molecule has 0 bridgehead atoms. The van der Waals surface area contributed by atoms with Crippen LogP contribution in [0.4, 0.5) is 0 Å². The van der Waals surface area contributed by atoms with Gasteiger partial charge in [0, 0.05) is 6.54 Å². The van der Waals surface area contributed by atoms with Gasteiger partial charge in [0.1, 0.15) is 0 Å². The molecule has 0 unspecified atom stereocenters. The summed E-state index contributed by atoms with van der Waals surface area (Å²) in [7, 11) is 0. The average molecular weight is 167 g/mol. The molecule has 0 amide bonds. The third-order valence-electron chi connectivity index (χ3n) is 1.20. The Morgan fingerprint density at radius 2 is 1.67 bits per heavy atom. The lowest BCUT2D eigenvalue weighted by Gasteiger charge is -2.24. The topological polar surface area (TPSA) is 71.0 Å². The molecule has 0 aromatic heterocycles. The molecule has 0 aromatic carbocycles. The van der Waals surface area contributed by atoms with Gasteiger partial charge in [-0.1, -0.05) is 0 Å². The summed E-state index contributed by atoms with van der Waals surface area (Å²) in [5.74, 6) is 0. The van der Waals surface area contributed by atoms with Crippen LogP contribution in [0.1, 0.15) is 13.8 Å². The Hall–Kier alpha value is -1.10. The summed E-state index contributed by atoms with van der Waals surface area (Å²) in [6.45, 7) is 3.99. The molecule has 0 atom stereocenters. The van der Waals surface area contributed by atoms with Crippen molar-refractivity contribution in [2.45, 2.75) is 19.4 Å². The van der Waals surface area contributed by atoms with E-state index >= 15 is 0 Å². The van der Waals surface area contributed by atoms with E-state index in [2.05, 4.69) is 0 Å². The first-order valence-electron chi connectivity index (χ1n) is 3.68. The molecule has 0 fully saturated rings. The molecular formula is C8H13N3O. The van der Waals surface area contributed by atoms with E-state index in [0.29, 0.717) is 6.54 Å². The zero-order chi connectivity index (χ0) is 9.61. The lowest BCUT2D eigenvalue weighted by atomic mass is 10.1. The van der Waals surface area contributed by atoms with Gasteiger partial charge in [0.15, 0.2) is 0 Å². The van der Waals surface area contributed by atoms with E-state index in [1.54, 1.807) is 18.7 Å². The third-order valence-corrected chi connectivity index (χ3v) is 1.20. The van der Waals surface area contributed by atoms with Crippen LogP contribution in [0.3, 0.4) is 0 Å². The molecule has 4 heteroatoms. The summed E-state index contributed by atoms with van der Waals surface area (Å²) in [4.78, 5) is 1.60. The standard InChI is InChI=1S/C8H13N3O/c1-8(2,12)7-11(5-3-9)6-4-10/h12H,5-7H2,1-2H3. The molecule has 0 aliphatic heterocycles. The summed E-state index contributed by atoms with van der Waals surface area (Å²) < 4.78 is 0. The minimum absolute atomic E-state index is 0.178. The normalized spacial score (nSPS) is 10.8. The van der Waals surface area contributed by atoms with Gasteiger partial charge in [0.2, 0.25) is 0 Å². The Balaban J connectivity index is 3.99. The van der Waals surface area contributed by atoms with E-state index in [9.17, 15) is 5.11 Å². The molecule has 66 valence electrons. The number of nitriles is 2. The van der Waals surface area contributed by atoms with E-state index in [4.69, 9.17) is 10.5 Å². The largest absolute Gasteiger partial charge is 0.389 e. The van der Waals surface area contributed by atoms with Gasteiger partial charge in [0.25, 0.3) is 0 Å². The molecule has 0 heterocycles. The summed E-state index contributed by atoms with van der Waals surface area (Å²) >= 11 is 0. The minimum atomic E-state index is -0.853. The monoisotopic (exact) mass is 167 g/mol. The van der Waals surface area contributed by atoms with Gasteiger partial charge >= 0.3 is 0 Å². The van der Waals surface area contributed by atoms with Gasteiger partial charge in [-0.05, 0) is 13.8 Å². The Bertz CT molecular complexity index is 190. The Morgan fingerprint density at radius 1 is 1.25 bits per heavy atom. The van der Waals surface area contributed by atoms with Crippen LogP contribution in [0, 0.1) is 22.7 Å². The fourth-order valence-corrected chi connectivity index (χ4v) is 0.915. The summed E-state index contributed by atoms with van der Waals surface area (Å²) in [5.41, 5.74) is -0.853. The highest BCUT2D eigenvalue weighted by Gasteiger charge is 2.17. The number of nitrogens with zero attached hydrogens (tertiary/aromatic N) is 3. The van der Waals surface area contributed by atoms with Crippen LogP contribution in [-0.4, -0.2) is 35.2 Å². The lowest BCUT2D eigenvalue weighted by Crippen LogP contribution is -2.39. The number of hydrogen-bond acceptors (Lipinski definition) is 4. The van der Waals surface area contributed by atoms with Crippen LogP contribution in [0.25, 0.3) is 0 Å². The van der Waals surface area contributed by atoms with E-state index in [0.717, 1.165) is 0 Å². The maximum absolute atomic E-state index is 9.38. The fraction of sp³-hybridized carbons (Fsp3) is 0.750. The van der Waals surface area contributed by atoms with E-state index in [1.807, 2.05) is 12.1 Å². The summed E-state index contributed by atoms with van der Waals surface area (Å²) in [5, 5.41) is 26.1. The minimum Gasteiger partial charge on any atom is -0.389 e. The molecule has 0 aromatic rings. The summed E-state index contributed by atoms with van der Waals surface area (Å²) in [6.07, 6.45) is 0. The van der Waals surface area contributed by atoms with Gasteiger partial charge < -0.3 is 5.11 Å². The van der Waals surface area contributed by atoms with Crippen LogP contribution in [0.5, 0.6) is 0 Å². The first-order chi connectivity index (χ1) is 5.49. The molecule has 1 N–H and O–H groups in total. The van der Waals surface area contributed by atoms with Gasteiger partial charge in [-0.2, -0.15) is 10.5 Å². The van der Waals surface area contributed by atoms with Crippen molar-refractivity contribution in [3.05, 3.63) is 0 Å². The van der Waals surface area contributed by atoms with Crippen LogP contribution in [-0.2, 0) is 0 Å². The lowest BCUT2D eigenvalue weighted by molar-refractivity contribution is 0.0445. The molecule has 0 rings (SSSR count). The first kappa shape index (κ1) is 10.9. The maximum atomic E-state index is 9.38. The fourth-order valence-electron chi connectivity index (χ4n) is 0.915. The van der Waals surface area contributed by atoms with Crippen LogP contribution >= 0.6 is 0 Å². The van der Waals surface area contributed by atoms with Gasteiger partial charge in [-0.3, -0.25) is 4.90 Å². The molecule has 0 saturated heterocycles. The second kappa shape index (κ2) is 4.71. The van der Waals surface area contributed by atoms with Crippen molar-refractivity contribution in [2.24, 2.45) is 0 Å². The zero-order valence-electron chi connectivity index (χ0n) is 7.41.